The summed E-state index contributed by atoms with van der Waals surface area (Å²) in [5.41, 5.74) is 10.6. The van der Waals surface area contributed by atoms with Crippen LogP contribution in [0.2, 0.25) is 0 Å². The molecule has 4 aromatic carbocycles. The van der Waals surface area contributed by atoms with Crippen molar-refractivity contribution >= 4 is 15.9 Å². The SMILES string of the molecule is CC1(C)c2ccccc2-c2ccc(-c3ccc(Br)cc3-c3ccccc3)cc21. The van der Waals surface area contributed by atoms with Crippen molar-refractivity contribution < 1.29 is 0 Å². The van der Waals surface area contributed by atoms with Crippen LogP contribution >= 0.6 is 15.9 Å². The van der Waals surface area contributed by atoms with E-state index in [-0.39, 0.29) is 5.41 Å². The van der Waals surface area contributed by atoms with Crippen molar-refractivity contribution in [3.63, 3.8) is 0 Å². The summed E-state index contributed by atoms with van der Waals surface area (Å²) in [5, 5.41) is 0. The highest BCUT2D eigenvalue weighted by atomic mass is 79.9. The fourth-order valence-corrected chi connectivity index (χ4v) is 4.86. The molecule has 0 saturated carbocycles. The smallest absolute Gasteiger partial charge is 0.0181 e. The van der Waals surface area contributed by atoms with Crippen LogP contribution in [-0.4, -0.2) is 0 Å². The van der Waals surface area contributed by atoms with Gasteiger partial charge >= 0.3 is 0 Å². The predicted octanol–water partition coefficient (Wildman–Crippen LogP) is 8.09. The van der Waals surface area contributed by atoms with Crippen molar-refractivity contribution in [2.24, 2.45) is 0 Å². The summed E-state index contributed by atoms with van der Waals surface area (Å²) in [7, 11) is 0. The third-order valence-corrected chi connectivity index (χ3v) is 6.45. The first-order valence-corrected chi connectivity index (χ1v) is 10.4. The molecule has 0 fully saturated rings. The van der Waals surface area contributed by atoms with E-state index < -0.39 is 0 Å². The molecule has 0 aromatic heterocycles. The second-order valence-corrected chi connectivity index (χ2v) is 8.90. The van der Waals surface area contributed by atoms with Crippen LogP contribution in [0.4, 0.5) is 0 Å². The maximum Gasteiger partial charge on any atom is 0.0181 e. The molecule has 1 heteroatoms. The van der Waals surface area contributed by atoms with E-state index in [4.69, 9.17) is 0 Å². The van der Waals surface area contributed by atoms with Crippen molar-refractivity contribution in [1.82, 2.24) is 0 Å². The number of hydrogen-bond acceptors (Lipinski definition) is 0. The van der Waals surface area contributed by atoms with Crippen LogP contribution in [0, 0.1) is 0 Å². The van der Waals surface area contributed by atoms with Gasteiger partial charge in [-0.05, 0) is 62.7 Å². The number of rotatable bonds is 2. The lowest BCUT2D eigenvalue weighted by molar-refractivity contribution is 0.660. The number of fused-ring (bicyclic) bond motifs is 3. The highest BCUT2D eigenvalue weighted by Gasteiger charge is 2.35. The van der Waals surface area contributed by atoms with Crippen LogP contribution < -0.4 is 0 Å². The molecule has 0 saturated heterocycles. The molecule has 0 N–H and O–H groups in total. The molecular formula is C27H21Br. The minimum Gasteiger partial charge on any atom is -0.0622 e. The molecule has 1 aliphatic rings. The van der Waals surface area contributed by atoms with Gasteiger partial charge in [0.05, 0.1) is 0 Å². The van der Waals surface area contributed by atoms with Crippen molar-refractivity contribution in [3.05, 3.63) is 107 Å². The zero-order valence-corrected chi connectivity index (χ0v) is 17.6. The van der Waals surface area contributed by atoms with Gasteiger partial charge in [-0.15, -0.1) is 0 Å². The van der Waals surface area contributed by atoms with E-state index in [2.05, 4.69) is 121 Å². The maximum atomic E-state index is 3.65. The van der Waals surface area contributed by atoms with E-state index in [9.17, 15) is 0 Å². The molecule has 0 radical (unpaired) electrons. The monoisotopic (exact) mass is 424 g/mol. The molecular weight excluding hydrogens is 404 g/mol. The quantitative estimate of drug-likeness (QED) is 0.304. The molecule has 28 heavy (non-hydrogen) atoms. The number of benzene rings is 4. The minimum absolute atomic E-state index is 0.0181. The Morgan fingerprint density at radius 1 is 0.536 bits per heavy atom. The summed E-state index contributed by atoms with van der Waals surface area (Å²) < 4.78 is 1.10. The Bertz CT molecular complexity index is 1190. The van der Waals surface area contributed by atoms with E-state index in [1.807, 2.05) is 0 Å². The number of halogens is 1. The summed E-state index contributed by atoms with van der Waals surface area (Å²) in [6.45, 7) is 4.67. The van der Waals surface area contributed by atoms with E-state index in [0.29, 0.717) is 0 Å². The standard InChI is InChI=1S/C27H21Br/c1-27(2)25-11-7-6-10-22(25)23-14-12-19(16-26(23)27)21-15-13-20(28)17-24(21)18-8-4-3-5-9-18/h3-17H,1-2H3. The van der Waals surface area contributed by atoms with Gasteiger partial charge in [0.2, 0.25) is 0 Å². The average molecular weight is 425 g/mol. The molecule has 0 spiro atoms. The van der Waals surface area contributed by atoms with Gasteiger partial charge in [0.15, 0.2) is 0 Å². The molecule has 4 aromatic rings. The molecule has 0 nitrogen and oxygen atoms in total. The fourth-order valence-electron chi connectivity index (χ4n) is 4.50. The van der Waals surface area contributed by atoms with Gasteiger partial charge in [-0.1, -0.05) is 103 Å². The highest BCUT2D eigenvalue weighted by Crippen LogP contribution is 2.50. The van der Waals surface area contributed by atoms with Crippen LogP contribution in [0.3, 0.4) is 0 Å². The van der Waals surface area contributed by atoms with Gasteiger partial charge in [0.1, 0.15) is 0 Å². The van der Waals surface area contributed by atoms with E-state index in [1.165, 1.54) is 44.5 Å². The predicted molar refractivity (Wildman–Crippen MR) is 123 cm³/mol. The Kier molecular flexibility index (Phi) is 4.03. The molecule has 0 atom stereocenters. The van der Waals surface area contributed by atoms with Gasteiger partial charge in [0.25, 0.3) is 0 Å². The van der Waals surface area contributed by atoms with Crippen molar-refractivity contribution in [2.75, 3.05) is 0 Å². The zero-order valence-electron chi connectivity index (χ0n) is 16.0. The molecule has 0 amide bonds. The Morgan fingerprint density at radius 2 is 1.21 bits per heavy atom. The molecule has 0 bridgehead atoms. The van der Waals surface area contributed by atoms with Crippen molar-refractivity contribution in [2.45, 2.75) is 19.3 Å². The third kappa shape index (κ3) is 2.65. The largest absolute Gasteiger partial charge is 0.0622 e. The zero-order chi connectivity index (χ0) is 19.3. The summed E-state index contributed by atoms with van der Waals surface area (Å²) in [5.74, 6) is 0. The van der Waals surface area contributed by atoms with Crippen LogP contribution in [0.1, 0.15) is 25.0 Å². The van der Waals surface area contributed by atoms with Crippen LogP contribution in [0.25, 0.3) is 33.4 Å². The fraction of sp³-hybridized carbons (Fsp3) is 0.111. The van der Waals surface area contributed by atoms with E-state index in [1.54, 1.807) is 0 Å². The van der Waals surface area contributed by atoms with Gasteiger partial charge in [0, 0.05) is 9.89 Å². The molecule has 0 aliphatic heterocycles. The first-order chi connectivity index (χ1) is 13.6. The lowest BCUT2D eigenvalue weighted by Gasteiger charge is -2.22. The second kappa shape index (κ2) is 6.46. The normalized spacial score (nSPS) is 13.8. The van der Waals surface area contributed by atoms with Crippen LogP contribution in [-0.2, 0) is 5.41 Å². The Balaban J connectivity index is 1.71. The topological polar surface area (TPSA) is 0 Å². The van der Waals surface area contributed by atoms with Crippen LogP contribution in [0.5, 0.6) is 0 Å². The first-order valence-electron chi connectivity index (χ1n) is 9.65. The highest BCUT2D eigenvalue weighted by molar-refractivity contribution is 9.10. The Labute approximate surface area is 175 Å². The lowest BCUT2D eigenvalue weighted by Crippen LogP contribution is -2.14. The van der Waals surface area contributed by atoms with Gasteiger partial charge in [-0.2, -0.15) is 0 Å². The minimum atomic E-state index is 0.0181. The summed E-state index contributed by atoms with van der Waals surface area (Å²) >= 11 is 3.65. The van der Waals surface area contributed by atoms with Gasteiger partial charge in [-0.25, -0.2) is 0 Å². The number of hydrogen-bond donors (Lipinski definition) is 0. The molecule has 5 rings (SSSR count). The lowest BCUT2D eigenvalue weighted by atomic mass is 9.81. The Morgan fingerprint density at radius 3 is 2.04 bits per heavy atom. The molecule has 136 valence electrons. The van der Waals surface area contributed by atoms with Crippen molar-refractivity contribution in [3.8, 4) is 33.4 Å². The molecule has 0 unspecified atom stereocenters. The molecule has 0 heterocycles. The van der Waals surface area contributed by atoms with Crippen molar-refractivity contribution in [1.29, 1.82) is 0 Å². The maximum absolute atomic E-state index is 3.65. The van der Waals surface area contributed by atoms with E-state index >= 15 is 0 Å². The summed E-state index contributed by atoms with van der Waals surface area (Å²) in [4.78, 5) is 0. The summed E-state index contributed by atoms with van der Waals surface area (Å²) in [6, 6.07) is 33.0. The van der Waals surface area contributed by atoms with Gasteiger partial charge < -0.3 is 0 Å². The molecule has 1 aliphatic carbocycles. The summed E-state index contributed by atoms with van der Waals surface area (Å²) in [6.07, 6.45) is 0. The second-order valence-electron chi connectivity index (χ2n) is 7.99. The Hall–Kier alpha value is -2.64. The third-order valence-electron chi connectivity index (χ3n) is 5.96. The van der Waals surface area contributed by atoms with Gasteiger partial charge in [-0.3, -0.25) is 0 Å². The van der Waals surface area contributed by atoms with E-state index in [0.717, 1.165) is 4.47 Å². The van der Waals surface area contributed by atoms with Crippen LogP contribution in [0.15, 0.2) is 95.5 Å². The average Bonchev–Trinajstić information content (AvgIpc) is 2.96. The first kappa shape index (κ1) is 17.5.